The summed E-state index contributed by atoms with van der Waals surface area (Å²) in [6.07, 6.45) is 5.36. The lowest BCUT2D eigenvalue weighted by atomic mass is 9.66. The Morgan fingerprint density at radius 1 is 1.33 bits per heavy atom. The average molecular weight is 204 g/mol. The smallest absolute Gasteiger partial charge is 0.159 e. The number of carbonyl (C=O) groups excluding carboxylic acids is 1. The summed E-state index contributed by atoms with van der Waals surface area (Å²) in [5.41, 5.74) is 3.67. The molecule has 0 aliphatic heterocycles. The molecule has 0 aromatic heterocycles. The predicted molar refractivity (Wildman–Crippen MR) is 62.6 cm³/mol. The summed E-state index contributed by atoms with van der Waals surface area (Å²) < 4.78 is 0. The van der Waals surface area contributed by atoms with Gasteiger partial charge in [-0.15, -0.1) is 0 Å². The molecule has 0 radical (unpaired) electrons. The molecule has 2 rings (SSSR count). The van der Waals surface area contributed by atoms with E-state index in [1.807, 2.05) is 0 Å². The van der Waals surface area contributed by atoms with E-state index >= 15 is 0 Å². The molecular weight excluding hydrogens is 184 g/mol. The van der Waals surface area contributed by atoms with Gasteiger partial charge in [-0.1, -0.05) is 17.7 Å². The van der Waals surface area contributed by atoms with Crippen LogP contribution in [-0.2, 0) is 4.79 Å². The molecule has 15 heavy (non-hydrogen) atoms. The molecule has 0 aromatic rings. The molecule has 0 saturated heterocycles. The van der Waals surface area contributed by atoms with Gasteiger partial charge in [0.05, 0.1) is 0 Å². The van der Waals surface area contributed by atoms with Crippen molar-refractivity contribution >= 4 is 5.78 Å². The first-order valence-electron chi connectivity index (χ1n) is 5.97. The number of hydrogen-bond donors (Lipinski definition) is 0. The highest BCUT2D eigenvalue weighted by atomic mass is 16.1. The first-order chi connectivity index (χ1) is 7.09. The van der Waals surface area contributed by atoms with Crippen molar-refractivity contribution in [3.8, 4) is 0 Å². The normalized spacial score (nSPS) is 31.5. The van der Waals surface area contributed by atoms with Crippen molar-refractivity contribution < 1.29 is 4.79 Å². The Balaban J connectivity index is 2.24. The largest absolute Gasteiger partial charge is 0.295 e. The van der Waals surface area contributed by atoms with Crippen LogP contribution in [0.2, 0.25) is 0 Å². The number of Topliss-reactive ketones (excluding diaryl/α,β-unsaturated/α-hetero) is 1. The van der Waals surface area contributed by atoms with E-state index in [9.17, 15) is 4.79 Å². The van der Waals surface area contributed by atoms with Crippen molar-refractivity contribution in [3.05, 3.63) is 23.3 Å². The van der Waals surface area contributed by atoms with Crippen LogP contribution in [0.5, 0.6) is 0 Å². The van der Waals surface area contributed by atoms with Crippen LogP contribution in [0.3, 0.4) is 0 Å². The number of hydrogen-bond acceptors (Lipinski definition) is 1. The van der Waals surface area contributed by atoms with Crippen molar-refractivity contribution in [3.63, 3.8) is 0 Å². The maximum absolute atomic E-state index is 11.9. The zero-order valence-electron chi connectivity index (χ0n) is 9.81. The number of ketones is 1. The van der Waals surface area contributed by atoms with Gasteiger partial charge < -0.3 is 0 Å². The zero-order chi connectivity index (χ0) is 11.0. The predicted octanol–water partition coefficient (Wildman–Crippen LogP) is 3.66. The summed E-state index contributed by atoms with van der Waals surface area (Å²) in [6, 6.07) is 0. The molecule has 2 fully saturated rings. The van der Waals surface area contributed by atoms with Crippen LogP contribution >= 0.6 is 0 Å². The maximum atomic E-state index is 11.9. The second kappa shape index (κ2) is 3.96. The Morgan fingerprint density at radius 2 is 2.07 bits per heavy atom. The minimum atomic E-state index is 0.394. The Labute approximate surface area is 92.3 Å². The number of carbonyl (C=O) groups is 1. The van der Waals surface area contributed by atoms with Gasteiger partial charge in [0, 0.05) is 6.42 Å². The van der Waals surface area contributed by atoms with Gasteiger partial charge in [0.2, 0.25) is 0 Å². The van der Waals surface area contributed by atoms with E-state index < -0.39 is 0 Å². The van der Waals surface area contributed by atoms with E-state index in [0.717, 1.165) is 18.4 Å². The summed E-state index contributed by atoms with van der Waals surface area (Å²) in [7, 11) is 0. The molecule has 1 heteroatoms. The van der Waals surface area contributed by atoms with E-state index in [1.54, 1.807) is 0 Å². The van der Waals surface area contributed by atoms with E-state index in [1.165, 1.54) is 30.4 Å². The summed E-state index contributed by atoms with van der Waals surface area (Å²) in [5, 5.41) is 0. The fourth-order valence-corrected chi connectivity index (χ4v) is 3.04. The molecule has 1 nitrogen and oxygen atoms in total. The van der Waals surface area contributed by atoms with Crippen LogP contribution in [0.1, 0.15) is 46.0 Å². The second-order valence-electron chi connectivity index (χ2n) is 5.23. The van der Waals surface area contributed by atoms with Crippen LogP contribution in [-0.4, -0.2) is 5.78 Å². The molecule has 2 saturated carbocycles. The summed E-state index contributed by atoms with van der Waals surface area (Å²) in [5.74, 6) is 1.59. The highest BCUT2D eigenvalue weighted by Crippen LogP contribution is 2.43. The quantitative estimate of drug-likeness (QED) is 0.435. The summed E-state index contributed by atoms with van der Waals surface area (Å²) >= 11 is 0. The van der Waals surface area contributed by atoms with Gasteiger partial charge >= 0.3 is 0 Å². The zero-order valence-corrected chi connectivity index (χ0v) is 9.81. The highest BCUT2D eigenvalue weighted by Gasteiger charge is 2.35. The Bertz CT molecular complexity index is 331. The summed E-state index contributed by atoms with van der Waals surface area (Å²) in [4.78, 5) is 11.9. The fourth-order valence-electron chi connectivity index (χ4n) is 3.04. The molecule has 2 aliphatic rings. The molecule has 82 valence electrons. The highest BCUT2D eigenvalue weighted by molar-refractivity contribution is 5.97. The van der Waals surface area contributed by atoms with Crippen molar-refractivity contribution in [1.29, 1.82) is 0 Å². The van der Waals surface area contributed by atoms with E-state index in [2.05, 4.69) is 20.4 Å². The molecule has 0 aromatic carbocycles. The third-order valence-corrected chi connectivity index (χ3v) is 3.98. The van der Waals surface area contributed by atoms with Gasteiger partial charge in [-0.3, -0.25) is 4.79 Å². The third-order valence-electron chi connectivity index (χ3n) is 3.98. The van der Waals surface area contributed by atoms with E-state index in [0.29, 0.717) is 17.6 Å². The van der Waals surface area contributed by atoms with E-state index in [-0.39, 0.29) is 0 Å². The van der Waals surface area contributed by atoms with Gasteiger partial charge in [0.15, 0.2) is 5.78 Å². The number of fused-ring (bicyclic) bond motifs is 1. The molecule has 2 aliphatic carbocycles. The first-order valence-corrected chi connectivity index (χ1v) is 5.97. The van der Waals surface area contributed by atoms with Gasteiger partial charge in [-0.05, 0) is 56.9 Å². The number of allylic oxidation sites excluding steroid dienone is 3. The van der Waals surface area contributed by atoms with Gasteiger partial charge in [-0.2, -0.15) is 0 Å². The Hall–Kier alpha value is -0.850. The van der Waals surface area contributed by atoms with Crippen molar-refractivity contribution in [2.24, 2.45) is 11.8 Å². The van der Waals surface area contributed by atoms with Crippen LogP contribution in [0.15, 0.2) is 23.3 Å². The van der Waals surface area contributed by atoms with Crippen LogP contribution < -0.4 is 0 Å². The van der Waals surface area contributed by atoms with Crippen molar-refractivity contribution in [2.75, 3.05) is 0 Å². The standard InChI is InChI=1S/C14H20O/c1-9(2)12-8-13-10(3)5-4-6-11(13)7-14(12)15/h11,13H,3-8H2,1-2H3/t11-,13+/m1/s1. The molecule has 0 spiro atoms. The molecule has 0 amide bonds. The van der Waals surface area contributed by atoms with Crippen molar-refractivity contribution in [1.82, 2.24) is 0 Å². The van der Waals surface area contributed by atoms with Crippen LogP contribution in [0.4, 0.5) is 0 Å². The Morgan fingerprint density at radius 3 is 2.73 bits per heavy atom. The van der Waals surface area contributed by atoms with Crippen LogP contribution in [0, 0.1) is 11.8 Å². The SMILES string of the molecule is C=C1CCC[C@@H]2CC(=O)C(=C(C)C)C[C@@H]12. The molecule has 0 bridgehead atoms. The average Bonchev–Trinajstić information content (AvgIpc) is 2.16. The monoisotopic (exact) mass is 204 g/mol. The first kappa shape index (κ1) is 10.7. The lowest BCUT2D eigenvalue weighted by molar-refractivity contribution is -0.118. The third kappa shape index (κ3) is 1.92. The minimum Gasteiger partial charge on any atom is -0.295 e. The van der Waals surface area contributed by atoms with E-state index in [4.69, 9.17) is 0 Å². The molecule has 0 heterocycles. The molecular formula is C14H20O. The molecule has 0 unspecified atom stereocenters. The van der Waals surface area contributed by atoms with Gasteiger partial charge in [-0.25, -0.2) is 0 Å². The molecule has 2 atom stereocenters. The lowest BCUT2D eigenvalue weighted by Crippen LogP contribution is -2.31. The number of rotatable bonds is 0. The Kier molecular flexibility index (Phi) is 2.81. The van der Waals surface area contributed by atoms with Crippen molar-refractivity contribution in [2.45, 2.75) is 46.0 Å². The lowest BCUT2D eigenvalue weighted by Gasteiger charge is -2.37. The van der Waals surface area contributed by atoms with Gasteiger partial charge in [0.25, 0.3) is 0 Å². The second-order valence-corrected chi connectivity index (χ2v) is 5.23. The summed E-state index contributed by atoms with van der Waals surface area (Å²) in [6.45, 7) is 8.29. The van der Waals surface area contributed by atoms with Gasteiger partial charge in [0.1, 0.15) is 0 Å². The van der Waals surface area contributed by atoms with Crippen LogP contribution in [0.25, 0.3) is 0 Å². The maximum Gasteiger partial charge on any atom is 0.159 e. The molecule has 0 N–H and O–H groups in total. The minimum absolute atomic E-state index is 0.394. The fraction of sp³-hybridized carbons (Fsp3) is 0.643. The topological polar surface area (TPSA) is 17.1 Å².